The van der Waals surface area contributed by atoms with Crippen molar-refractivity contribution in [1.29, 1.82) is 0 Å². The van der Waals surface area contributed by atoms with Crippen LogP contribution < -0.4 is 0 Å². The molecule has 3 heteroatoms. The zero-order valence-electron chi connectivity index (χ0n) is 20.3. The second kappa shape index (κ2) is 8.67. The van der Waals surface area contributed by atoms with Crippen molar-refractivity contribution in [1.82, 2.24) is 0 Å². The van der Waals surface area contributed by atoms with E-state index in [2.05, 4.69) is 26.8 Å². The van der Waals surface area contributed by atoms with Crippen molar-refractivity contribution in [2.24, 2.45) is 46.3 Å². The minimum absolute atomic E-state index is 0.221. The van der Waals surface area contributed by atoms with Crippen molar-refractivity contribution in [3.05, 3.63) is 11.6 Å². The maximum absolute atomic E-state index is 12.1. The number of hydrogen-bond acceptors (Lipinski definition) is 2. The first-order valence-electron chi connectivity index (χ1n) is 13.1. The van der Waals surface area contributed by atoms with Gasteiger partial charge in [0.1, 0.15) is 5.78 Å². The summed E-state index contributed by atoms with van der Waals surface area (Å²) in [7, 11) is 0. The molecule has 31 heavy (non-hydrogen) atoms. The van der Waals surface area contributed by atoms with Gasteiger partial charge in [-0.15, -0.1) is 0 Å². The molecule has 0 aromatic heterocycles. The Balaban J connectivity index is 1.49. The zero-order chi connectivity index (χ0) is 22.4. The fourth-order valence-electron chi connectivity index (χ4n) is 8.54. The van der Waals surface area contributed by atoms with Crippen molar-refractivity contribution in [3.8, 4) is 0 Å². The van der Waals surface area contributed by atoms with Gasteiger partial charge in [0.2, 0.25) is 0 Å². The van der Waals surface area contributed by atoms with E-state index in [1.54, 1.807) is 5.57 Å². The first-order valence-corrected chi connectivity index (χ1v) is 13.1. The van der Waals surface area contributed by atoms with Gasteiger partial charge in [0.15, 0.2) is 0 Å². The molecule has 0 radical (unpaired) electrons. The van der Waals surface area contributed by atoms with Crippen molar-refractivity contribution in [2.45, 2.75) is 105 Å². The SMILES string of the molecule is CC(CCCC(C)C1CCCC2C3=CCC4CC(=O)CCC4(C)C3CCC21C)C(=O)O. The zero-order valence-corrected chi connectivity index (χ0v) is 20.3. The van der Waals surface area contributed by atoms with Gasteiger partial charge in [-0.2, -0.15) is 0 Å². The van der Waals surface area contributed by atoms with E-state index in [-0.39, 0.29) is 5.92 Å². The minimum Gasteiger partial charge on any atom is -0.481 e. The Morgan fingerprint density at radius 3 is 2.58 bits per heavy atom. The van der Waals surface area contributed by atoms with Gasteiger partial charge in [-0.25, -0.2) is 0 Å². The Bertz CT molecular complexity index is 739. The van der Waals surface area contributed by atoms with E-state index >= 15 is 0 Å². The molecule has 4 aliphatic rings. The number of carbonyl (C=O) groups excluding carboxylic acids is 1. The lowest BCUT2D eigenvalue weighted by Crippen LogP contribution is -2.52. The summed E-state index contributed by atoms with van der Waals surface area (Å²) in [6.45, 7) is 9.38. The molecule has 0 spiro atoms. The number of carbonyl (C=O) groups is 2. The molecule has 8 unspecified atom stereocenters. The van der Waals surface area contributed by atoms with E-state index in [1.807, 2.05) is 6.92 Å². The van der Waals surface area contributed by atoms with Crippen LogP contribution in [0.1, 0.15) is 105 Å². The molecule has 0 heterocycles. The summed E-state index contributed by atoms with van der Waals surface area (Å²) >= 11 is 0. The molecule has 8 atom stereocenters. The van der Waals surface area contributed by atoms with E-state index < -0.39 is 5.97 Å². The lowest BCUT2D eigenvalue weighted by Gasteiger charge is -2.61. The van der Waals surface area contributed by atoms with E-state index in [0.29, 0.717) is 34.4 Å². The van der Waals surface area contributed by atoms with Crippen LogP contribution in [0.2, 0.25) is 0 Å². The number of aliphatic carboxylic acids is 1. The van der Waals surface area contributed by atoms with Crippen LogP contribution in [-0.2, 0) is 9.59 Å². The highest BCUT2D eigenvalue weighted by atomic mass is 16.4. The number of fused-ring (bicyclic) bond motifs is 5. The number of carboxylic acid groups (broad SMARTS) is 1. The Morgan fingerprint density at radius 2 is 1.84 bits per heavy atom. The number of hydrogen-bond donors (Lipinski definition) is 1. The first kappa shape index (κ1) is 23.1. The highest BCUT2D eigenvalue weighted by Crippen LogP contribution is 2.65. The van der Waals surface area contributed by atoms with Crippen LogP contribution in [-0.4, -0.2) is 16.9 Å². The third-order valence-corrected chi connectivity index (χ3v) is 10.6. The van der Waals surface area contributed by atoms with E-state index in [9.17, 15) is 14.7 Å². The van der Waals surface area contributed by atoms with Crippen LogP contribution in [0.25, 0.3) is 0 Å². The van der Waals surface area contributed by atoms with Crippen LogP contribution in [0, 0.1) is 46.3 Å². The van der Waals surface area contributed by atoms with Gasteiger partial charge in [0.05, 0.1) is 5.92 Å². The summed E-state index contributed by atoms with van der Waals surface area (Å²) in [6.07, 6.45) is 16.1. The standard InChI is InChI=1S/C28H44O3/c1-18(7-5-8-19(2)26(30)31)23-9-6-10-24-22-12-11-20-17-21(29)13-15-27(20,3)25(22)14-16-28(23,24)4/h12,18-20,23-25H,5-11,13-17H2,1-4H3,(H,30,31). The predicted octanol–water partition coefficient (Wildman–Crippen LogP) is 7.05. The maximum atomic E-state index is 12.1. The van der Waals surface area contributed by atoms with E-state index in [4.69, 9.17) is 0 Å². The summed E-state index contributed by atoms with van der Waals surface area (Å²) in [5, 5.41) is 9.19. The molecule has 1 N–H and O–H groups in total. The molecule has 3 saturated carbocycles. The fraction of sp³-hybridized carbons (Fsp3) is 0.857. The van der Waals surface area contributed by atoms with Gasteiger partial charge in [-0.05, 0) is 85.4 Å². The average Bonchev–Trinajstić information content (AvgIpc) is 2.72. The molecule has 0 aromatic rings. The first-order chi connectivity index (χ1) is 14.7. The molecule has 0 aromatic carbocycles. The molecule has 3 nitrogen and oxygen atoms in total. The summed E-state index contributed by atoms with van der Waals surface area (Å²) in [6, 6.07) is 0. The molecule has 0 aliphatic heterocycles. The normalized spacial score (nSPS) is 41.9. The van der Waals surface area contributed by atoms with Gasteiger partial charge < -0.3 is 5.11 Å². The quantitative estimate of drug-likeness (QED) is 0.461. The van der Waals surface area contributed by atoms with Crippen LogP contribution in [0.5, 0.6) is 0 Å². The second-order valence-electron chi connectivity index (χ2n) is 12.2. The van der Waals surface area contributed by atoms with Crippen molar-refractivity contribution in [3.63, 3.8) is 0 Å². The van der Waals surface area contributed by atoms with Crippen molar-refractivity contribution in [2.75, 3.05) is 0 Å². The van der Waals surface area contributed by atoms with Crippen LogP contribution in [0.3, 0.4) is 0 Å². The largest absolute Gasteiger partial charge is 0.481 e. The van der Waals surface area contributed by atoms with Crippen LogP contribution in [0.4, 0.5) is 0 Å². The highest BCUT2D eigenvalue weighted by molar-refractivity contribution is 5.79. The van der Waals surface area contributed by atoms with Crippen LogP contribution in [0.15, 0.2) is 11.6 Å². The fourth-order valence-corrected chi connectivity index (χ4v) is 8.54. The maximum Gasteiger partial charge on any atom is 0.306 e. The third kappa shape index (κ3) is 4.04. The second-order valence-corrected chi connectivity index (χ2v) is 12.2. The number of ketones is 1. The van der Waals surface area contributed by atoms with E-state index in [1.165, 1.54) is 32.1 Å². The molecular weight excluding hydrogens is 384 g/mol. The Labute approximate surface area is 189 Å². The molecular formula is C28H44O3. The monoisotopic (exact) mass is 428 g/mol. The number of Topliss-reactive ketones (excluding diaryl/α,β-unsaturated/α-hetero) is 1. The molecule has 0 saturated heterocycles. The Kier molecular flexibility index (Phi) is 6.45. The third-order valence-electron chi connectivity index (χ3n) is 10.6. The molecule has 4 aliphatic carbocycles. The highest BCUT2D eigenvalue weighted by Gasteiger charge is 2.56. The Morgan fingerprint density at radius 1 is 1.10 bits per heavy atom. The van der Waals surface area contributed by atoms with Gasteiger partial charge in [0.25, 0.3) is 0 Å². The molecule has 0 amide bonds. The minimum atomic E-state index is -0.656. The smallest absolute Gasteiger partial charge is 0.306 e. The molecule has 3 fully saturated rings. The summed E-state index contributed by atoms with van der Waals surface area (Å²) in [5.41, 5.74) is 2.51. The van der Waals surface area contributed by atoms with Gasteiger partial charge in [-0.1, -0.05) is 58.6 Å². The van der Waals surface area contributed by atoms with Crippen molar-refractivity contribution < 1.29 is 14.7 Å². The van der Waals surface area contributed by atoms with Gasteiger partial charge in [0, 0.05) is 12.8 Å². The lowest BCUT2D eigenvalue weighted by molar-refractivity contribution is -0.141. The summed E-state index contributed by atoms with van der Waals surface area (Å²) < 4.78 is 0. The van der Waals surface area contributed by atoms with E-state index in [0.717, 1.165) is 56.8 Å². The predicted molar refractivity (Wildman–Crippen MR) is 125 cm³/mol. The average molecular weight is 429 g/mol. The summed E-state index contributed by atoms with van der Waals surface area (Å²) in [5.74, 6) is 3.03. The van der Waals surface area contributed by atoms with Gasteiger partial charge >= 0.3 is 5.97 Å². The van der Waals surface area contributed by atoms with Crippen LogP contribution >= 0.6 is 0 Å². The molecule has 174 valence electrons. The van der Waals surface area contributed by atoms with Gasteiger partial charge in [-0.3, -0.25) is 9.59 Å². The summed E-state index contributed by atoms with van der Waals surface area (Å²) in [4.78, 5) is 23.3. The lowest BCUT2D eigenvalue weighted by atomic mass is 9.44. The Hall–Kier alpha value is -1.12. The topological polar surface area (TPSA) is 54.4 Å². The molecule has 4 rings (SSSR count). The van der Waals surface area contributed by atoms with Crippen molar-refractivity contribution >= 4 is 11.8 Å². The molecule has 0 bridgehead atoms. The number of rotatable bonds is 6. The number of allylic oxidation sites excluding steroid dienone is 2. The number of carboxylic acids is 1.